The van der Waals surface area contributed by atoms with Gasteiger partial charge in [0.25, 0.3) is 5.91 Å². The Labute approximate surface area is 244 Å². The summed E-state index contributed by atoms with van der Waals surface area (Å²) in [5.41, 5.74) is 7.33. The number of carbonyl (C=O) groups is 2. The van der Waals surface area contributed by atoms with E-state index in [4.69, 9.17) is 0 Å². The van der Waals surface area contributed by atoms with Crippen LogP contribution in [-0.4, -0.2) is 43.7 Å². The monoisotopic (exact) mass is 566 g/mol. The summed E-state index contributed by atoms with van der Waals surface area (Å²) in [4.78, 5) is 35.6. The number of H-pyrrole nitrogens is 1. The summed E-state index contributed by atoms with van der Waals surface area (Å²) in [6.45, 7) is 8.08. The van der Waals surface area contributed by atoms with E-state index in [2.05, 4.69) is 56.8 Å². The predicted molar refractivity (Wildman–Crippen MR) is 160 cm³/mol. The minimum absolute atomic E-state index is 0.179. The third-order valence-corrected chi connectivity index (χ3v) is 8.48. The van der Waals surface area contributed by atoms with Crippen molar-refractivity contribution < 1.29 is 14.0 Å². The molecule has 4 aromatic rings. The molecule has 2 aromatic heterocycles. The van der Waals surface area contributed by atoms with E-state index in [9.17, 15) is 14.0 Å². The van der Waals surface area contributed by atoms with Crippen molar-refractivity contribution in [2.45, 2.75) is 76.9 Å². The Hall–Kier alpha value is -4.40. The van der Waals surface area contributed by atoms with Crippen LogP contribution in [0.3, 0.4) is 0 Å². The van der Waals surface area contributed by atoms with Crippen LogP contribution in [0, 0.1) is 13.8 Å². The molecule has 0 aliphatic heterocycles. The molecule has 0 saturated heterocycles. The molecule has 0 bridgehead atoms. The molecule has 2 heterocycles. The molecule has 216 valence electrons. The van der Waals surface area contributed by atoms with Gasteiger partial charge in [-0.1, -0.05) is 38.1 Å². The summed E-state index contributed by atoms with van der Waals surface area (Å²) in [5.74, 6) is -1.14. The summed E-state index contributed by atoms with van der Waals surface area (Å²) in [6.07, 6.45) is 3.36. The number of carbonyl (C=O) groups excluding carboxylic acids is 2. The van der Waals surface area contributed by atoms with Crippen LogP contribution in [0.4, 0.5) is 10.1 Å². The van der Waals surface area contributed by atoms with Gasteiger partial charge >= 0.3 is 0 Å². The Morgan fingerprint density at radius 1 is 1.02 bits per heavy atom. The zero-order chi connectivity index (χ0) is 29.6. The average Bonchev–Trinajstić information content (AvgIpc) is 3.47. The number of hydrogen-bond donors (Lipinski definition) is 3. The Morgan fingerprint density at radius 2 is 1.76 bits per heavy atom. The Bertz CT molecular complexity index is 1640. The fraction of sp³-hybridized carbons (Fsp3) is 0.364. The molecule has 1 saturated carbocycles. The summed E-state index contributed by atoms with van der Waals surface area (Å²) < 4.78 is 14.8. The highest BCUT2D eigenvalue weighted by atomic mass is 19.1. The number of nitrogens with one attached hydrogen (secondary N) is 3. The summed E-state index contributed by atoms with van der Waals surface area (Å²) >= 11 is 0. The number of benzene rings is 2. The molecule has 2 aromatic carbocycles. The lowest BCUT2D eigenvalue weighted by Crippen LogP contribution is -2.50. The van der Waals surface area contributed by atoms with E-state index in [1.54, 1.807) is 6.33 Å². The van der Waals surface area contributed by atoms with Crippen LogP contribution < -0.4 is 10.6 Å². The van der Waals surface area contributed by atoms with Crippen molar-refractivity contribution >= 4 is 17.5 Å². The standard InChI is InChI=1S/C33H35FN6O2/c1-18(2)27-16-28(36-17-35-27)23-6-5-21-9-12-25(26(21)15-23)30(38-32(42)33(34)13-14-33)31(41)37-24-10-7-22(8-11-24)29-19(3)39-40-20(29)4/h5-8,10-11,15-18,25,30H,9,12-14H2,1-4H3,(H,37,41)(H,38,42)(H,39,40)/t25-,30+/m1/s1. The van der Waals surface area contributed by atoms with E-state index in [1.165, 1.54) is 0 Å². The molecule has 0 radical (unpaired) electrons. The molecule has 2 aliphatic carbocycles. The number of aromatic nitrogens is 4. The lowest BCUT2D eigenvalue weighted by Gasteiger charge is -2.26. The largest absolute Gasteiger partial charge is 0.341 e. The van der Waals surface area contributed by atoms with Crippen molar-refractivity contribution in [3.05, 3.63) is 83.1 Å². The van der Waals surface area contributed by atoms with E-state index in [0.717, 1.165) is 57.0 Å². The van der Waals surface area contributed by atoms with Gasteiger partial charge in [-0.25, -0.2) is 14.4 Å². The van der Waals surface area contributed by atoms with Crippen LogP contribution in [0.15, 0.2) is 54.9 Å². The van der Waals surface area contributed by atoms with Crippen molar-refractivity contribution in [3.8, 4) is 22.4 Å². The second kappa shape index (κ2) is 10.8. The van der Waals surface area contributed by atoms with Crippen molar-refractivity contribution in [1.29, 1.82) is 0 Å². The second-order valence-corrected chi connectivity index (χ2v) is 11.8. The van der Waals surface area contributed by atoms with Gasteiger partial charge in [-0.2, -0.15) is 5.10 Å². The normalized spacial score (nSPS) is 17.5. The Balaban J connectivity index is 1.29. The highest BCUT2D eigenvalue weighted by molar-refractivity contribution is 6.00. The van der Waals surface area contributed by atoms with E-state index >= 15 is 0 Å². The molecule has 2 amide bonds. The van der Waals surface area contributed by atoms with Crippen LogP contribution in [-0.2, 0) is 16.0 Å². The van der Waals surface area contributed by atoms with Crippen LogP contribution in [0.2, 0.25) is 0 Å². The first-order chi connectivity index (χ1) is 20.1. The molecule has 0 unspecified atom stereocenters. The van der Waals surface area contributed by atoms with Crippen LogP contribution >= 0.6 is 0 Å². The Kier molecular flexibility index (Phi) is 7.12. The third kappa shape index (κ3) is 5.31. The highest BCUT2D eigenvalue weighted by Gasteiger charge is 2.52. The Morgan fingerprint density at radius 3 is 2.43 bits per heavy atom. The first-order valence-corrected chi connectivity index (χ1v) is 14.5. The maximum absolute atomic E-state index is 14.8. The smallest absolute Gasteiger partial charge is 0.258 e. The molecule has 8 nitrogen and oxygen atoms in total. The summed E-state index contributed by atoms with van der Waals surface area (Å²) in [6, 6.07) is 14.7. The maximum atomic E-state index is 14.8. The molecular formula is C33H35FN6O2. The molecule has 2 aliphatic rings. The number of anilines is 1. The number of amides is 2. The van der Waals surface area contributed by atoms with Crippen LogP contribution in [0.1, 0.15) is 73.2 Å². The predicted octanol–water partition coefficient (Wildman–Crippen LogP) is 5.93. The first kappa shape index (κ1) is 27.8. The van der Waals surface area contributed by atoms with Gasteiger partial charge in [0, 0.05) is 34.1 Å². The van der Waals surface area contributed by atoms with Gasteiger partial charge in [0.1, 0.15) is 12.4 Å². The molecule has 2 atom stereocenters. The number of aryl methyl sites for hydroxylation is 3. The van der Waals surface area contributed by atoms with E-state index < -0.39 is 17.6 Å². The molecular weight excluding hydrogens is 531 g/mol. The quantitative estimate of drug-likeness (QED) is 0.245. The fourth-order valence-corrected chi connectivity index (χ4v) is 5.86. The van der Waals surface area contributed by atoms with Gasteiger partial charge in [-0.3, -0.25) is 14.7 Å². The minimum atomic E-state index is -1.89. The molecule has 42 heavy (non-hydrogen) atoms. The molecule has 1 fully saturated rings. The average molecular weight is 567 g/mol. The zero-order valence-electron chi connectivity index (χ0n) is 24.3. The lowest BCUT2D eigenvalue weighted by atomic mass is 9.90. The number of aromatic amines is 1. The topological polar surface area (TPSA) is 113 Å². The van der Waals surface area contributed by atoms with Gasteiger partial charge in [-0.15, -0.1) is 0 Å². The first-order valence-electron chi connectivity index (χ1n) is 14.5. The SMILES string of the molecule is Cc1n[nH]c(C)c1-c1ccc(NC(=O)[C@@H](NC(=O)C2(F)CC2)[C@@H]2CCc3ccc(-c4cc(C(C)C)ncn4)cc32)cc1. The van der Waals surface area contributed by atoms with Gasteiger partial charge in [0.15, 0.2) is 5.67 Å². The van der Waals surface area contributed by atoms with E-state index in [-0.39, 0.29) is 30.6 Å². The van der Waals surface area contributed by atoms with Crippen LogP contribution in [0.5, 0.6) is 0 Å². The van der Waals surface area contributed by atoms with Gasteiger partial charge in [0.05, 0.1) is 11.4 Å². The van der Waals surface area contributed by atoms with Gasteiger partial charge in [0.2, 0.25) is 5.91 Å². The van der Waals surface area contributed by atoms with Crippen LogP contribution in [0.25, 0.3) is 22.4 Å². The maximum Gasteiger partial charge on any atom is 0.258 e. The van der Waals surface area contributed by atoms with Gasteiger partial charge < -0.3 is 10.6 Å². The second-order valence-electron chi connectivity index (χ2n) is 11.8. The van der Waals surface area contributed by atoms with Crippen molar-refractivity contribution in [1.82, 2.24) is 25.5 Å². The lowest BCUT2D eigenvalue weighted by molar-refractivity contribution is -0.131. The number of hydrogen-bond acceptors (Lipinski definition) is 5. The third-order valence-electron chi connectivity index (χ3n) is 8.48. The molecule has 9 heteroatoms. The summed E-state index contributed by atoms with van der Waals surface area (Å²) in [7, 11) is 0. The minimum Gasteiger partial charge on any atom is -0.341 e. The van der Waals surface area contributed by atoms with Crippen molar-refractivity contribution in [2.75, 3.05) is 5.32 Å². The number of halogens is 1. The number of alkyl halides is 1. The van der Waals surface area contributed by atoms with Gasteiger partial charge in [-0.05, 0) is 86.4 Å². The number of nitrogens with zero attached hydrogens (tertiary/aromatic N) is 3. The summed E-state index contributed by atoms with van der Waals surface area (Å²) in [5, 5.41) is 13.0. The van der Waals surface area contributed by atoms with Crippen molar-refractivity contribution in [3.63, 3.8) is 0 Å². The molecule has 0 spiro atoms. The van der Waals surface area contributed by atoms with E-state index in [1.807, 2.05) is 50.2 Å². The molecule has 3 N–H and O–H groups in total. The van der Waals surface area contributed by atoms with Crippen molar-refractivity contribution in [2.24, 2.45) is 0 Å². The highest BCUT2D eigenvalue weighted by Crippen LogP contribution is 2.42. The fourth-order valence-electron chi connectivity index (χ4n) is 5.86. The van der Waals surface area contributed by atoms with E-state index in [0.29, 0.717) is 12.1 Å². The number of fused-ring (bicyclic) bond motifs is 1. The zero-order valence-corrected chi connectivity index (χ0v) is 24.3. The molecule has 6 rings (SSSR count). The number of rotatable bonds is 8.